The standard InChI is InChI=1S/C20H19N3O4.C2HF3O2/c24-17-6-5-16(18(25)22-17)23-19(26)14-4-3-13(11-15(14)20(23)27)2-1-12-7-9-21-10-8-12;3-2(4,5)1(6)7/h3-4,11-12,16,21H,5-10H2,(H,22,24,25);(H,6,7). The van der Waals surface area contributed by atoms with Crippen LogP contribution in [0.3, 0.4) is 0 Å². The van der Waals surface area contributed by atoms with E-state index in [1.165, 1.54) is 0 Å². The van der Waals surface area contributed by atoms with Crippen LogP contribution in [0.15, 0.2) is 18.2 Å². The number of imide groups is 2. The molecule has 0 radical (unpaired) electrons. The van der Waals surface area contributed by atoms with Gasteiger partial charge in [0.2, 0.25) is 11.8 Å². The molecular weight excluding hydrogens is 459 g/mol. The van der Waals surface area contributed by atoms with E-state index in [9.17, 15) is 32.3 Å². The van der Waals surface area contributed by atoms with Gasteiger partial charge in [-0.25, -0.2) is 4.79 Å². The second kappa shape index (κ2) is 10.0. The van der Waals surface area contributed by atoms with Crippen molar-refractivity contribution in [3.63, 3.8) is 0 Å². The molecule has 0 saturated carbocycles. The van der Waals surface area contributed by atoms with Gasteiger partial charge < -0.3 is 10.4 Å². The molecule has 4 amide bonds. The number of fused-ring (bicyclic) bond motifs is 1. The third-order valence-electron chi connectivity index (χ3n) is 5.44. The Kier molecular flexibility index (Phi) is 7.36. The molecule has 0 aromatic heterocycles. The van der Waals surface area contributed by atoms with Crippen molar-refractivity contribution in [2.45, 2.75) is 37.9 Å². The first-order valence-electron chi connectivity index (χ1n) is 10.4. The number of halogens is 3. The zero-order valence-electron chi connectivity index (χ0n) is 17.7. The molecule has 3 heterocycles. The first-order valence-corrected chi connectivity index (χ1v) is 10.4. The third kappa shape index (κ3) is 5.60. The maximum atomic E-state index is 12.8. The van der Waals surface area contributed by atoms with Gasteiger partial charge in [0.1, 0.15) is 6.04 Å². The zero-order valence-corrected chi connectivity index (χ0v) is 17.7. The molecule has 4 rings (SSSR count). The number of carbonyl (C=O) groups is 5. The van der Waals surface area contributed by atoms with Gasteiger partial charge in [-0.3, -0.25) is 29.4 Å². The number of carbonyl (C=O) groups excluding carboxylic acids is 4. The molecule has 34 heavy (non-hydrogen) atoms. The number of nitrogens with zero attached hydrogens (tertiary/aromatic N) is 1. The van der Waals surface area contributed by atoms with E-state index in [1.807, 2.05) is 0 Å². The fourth-order valence-electron chi connectivity index (χ4n) is 3.70. The minimum absolute atomic E-state index is 0.108. The summed E-state index contributed by atoms with van der Waals surface area (Å²) >= 11 is 0. The molecule has 3 aliphatic heterocycles. The summed E-state index contributed by atoms with van der Waals surface area (Å²) in [4.78, 5) is 58.7. The van der Waals surface area contributed by atoms with E-state index in [-0.39, 0.29) is 29.9 Å². The predicted molar refractivity (Wildman–Crippen MR) is 109 cm³/mol. The van der Waals surface area contributed by atoms with Gasteiger partial charge in [0.25, 0.3) is 11.8 Å². The molecule has 1 unspecified atom stereocenters. The molecule has 1 aromatic rings. The zero-order chi connectivity index (χ0) is 25.0. The Balaban J connectivity index is 0.000000406. The SMILES string of the molecule is O=C(O)C(F)(F)F.O=C1CCC(N2C(=O)c3ccc(C#CC4CCNCC4)cc3C2=O)C(=O)N1. The summed E-state index contributed by atoms with van der Waals surface area (Å²) in [6.45, 7) is 1.91. The number of hydrogen-bond acceptors (Lipinski definition) is 6. The summed E-state index contributed by atoms with van der Waals surface area (Å²) in [5, 5.41) is 12.6. The third-order valence-corrected chi connectivity index (χ3v) is 5.44. The van der Waals surface area contributed by atoms with Crippen molar-refractivity contribution in [3.05, 3.63) is 34.9 Å². The molecule has 3 aliphatic rings. The van der Waals surface area contributed by atoms with Crippen LogP contribution in [0.2, 0.25) is 0 Å². The van der Waals surface area contributed by atoms with Crippen LogP contribution in [-0.2, 0) is 14.4 Å². The first kappa shape index (κ1) is 24.9. The van der Waals surface area contributed by atoms with Gasteiger partial charge >= 0.3 is 12.1 Å². The van der Waals surface area contributed by atoms with Crippen molar-refractivity contribution >= 4 is 29.6 Å². The van der Waals surface area contributed by atoms with Gasteiger partial charge in [0, 0.05) is 17.9 Å². The highest BCUT2D eigenvalue weighted by molar-refractivity contribution is 6.23. The predicted octanol–water partition coefficient (Wildman–Crippen LogP) is 1.07. The summed E-state index contributed by atoms with van der Waals surface area (Å²) in [5.74, 6) is 1.93. The van der Waals surface area contributed by atoms with Crippen molar-refractivity contribution < 1.29 is 42.3 Å². The molecule has 2 saturated heterocycles. The lowest BCUT2D eigenvalue weighted by atomic mass is 9.98. The summed E-state index contributed by atoms with van der Waals surface area (Å²) in [5.41, 5.74) is 1.22. The number of rotatable bonds is 1. The van der Waals surface area contributed by atoms with Gasteiger partial charge in [0.15, 0.2) is 0 Å². The topological polar surface area (TPSA) is 133 Å². The van der Waals surface area contributed by atoms with Crippen LogP contribution in [-0.4, -0.2) is 64.9 Å². The van der Waals surface area contributed by atoms with Crippen LogP contribution in [0.25, 0.3) is 0 Å². The Bertz CT molecular complexity index is 1100. The minimum atomic E-state index is -5.08. The van der Waals surface area contributed by atoms with E-state index >= 15 is 0 Å². The molecule has 0 spiro atoms. The molecule has 0 bridgehead atoms. The number of carboxylic acids is 1. The monoisotopic (exact) mass is 479 g/mol. The summed E-state index contributed by atoms with van der Waals surface area (Å²) < 4.78 is 31.7. The average molecular weight is 479 g/mol. The number of nitrogens with one attached hydrogen (secondary N) is 2. The number of hydrogen-bond donors (Lipinski definition) is 3. The Morgan fingerprint density at radius 1 is 1.03 bits per heavy atom. The molecule has 3 N–H and O–H groups in total. The first-order chi connectivity index (χ1) is 16.0. The van der Waals surface area contributed by atoms with E-state index in [0.29, 0.717) is 11.5 Å². The Morgan fingerprint density at radius 2 is 1.65 bits per heavy atom. The van der Waals surface area contributed by atoms with Crippen molar-refractivity contribution in [2.75, 3.05) is 13.1 Å². The molecule has 2 fully saturated rings. The van der Waals surface area contributed by atoms with Crippen LogP contribution >= 0.6 is 0 Å². The number of benzene rings is 1. The van der Waals surface area contributed by atoms with Gasteiger partial charge in [-0.2, -0.15) is 13.2 Å². The van der Waals surface area contributed by atoms with Crippen molar-refractivity contribution in [2.24, 2.45) is 5.92 Å². The maximum absolute atomic E-state index is 12.8. The quantitative estimate of drug-likeness (QED) is 0.405. The fraction of sp³-hybridized carbons (Fsp3) is 0.409. The largest absolute Gasteiger partial charge is 0.490 e. The van der Waals surface area contributed by atoms with Gasteiger partial charge in [-0.15, -0.1) is 0 Å². The van der Waals surface area contributed by atoms with E-state index < -0.39 is 35.9 Å². The second-order valence-electron chi connectivity index (χ2n) is 7.80. The van der Waals surface area contributed by atoms with Crippen LogP contribution in [0.1, 0.15) is 52.0 Å². The fourth-order valence-corrected chi connectivity index (χ4v) is 3.70. The lowest BCUT2D eigenvalue weighted by molar-refractivity contribution is -0.192. The number of carboxylic acid groups (broad SMARTS) is 1. The molecular formula is C22H20F3N3O6. The molecule has 12 heteroatoms. The van der Waals surface area contributed by atoms with Crippen molar-refractivity contribution in [3.8, 4) is 11.8 Å². The highest BCUT2D eigenvalue weighted by Crippen LogP contribution is 2.28. The molecule has 1 atom stereocenters. The van der Waals surface area contributed by atoms with Crippen LogP contribution in [0.5, 0.6) is 0 Å². The molecule has 1 aromatic carbocycles. The maximum Gasteiger partial charge on any atom is 0.490 e. The summed E-state index contributed by atoms with van der Waals surface area (Å²) in [6.07, 6.45) is -2.83. The Morgan fingerprint density at radius 3 is 2.24 bits per heavy atom. The summed E-state index contributed by atoms with van der Waals surface area (Å²) in [7, 11) is 0. The molecule has 0 aliphatic carbocycles. The normalized spacial score (nSPS) is 20.6. The lowest BCUT2D eigenvalue weighted by Crippen LogP contribution is -2.54. The number of piperidine rings is 2. The van der Waals surface area contributed by atoms with Crippen molar-refractivity contribution in [1.29, 1.82) is 0 Å². The van der Waals surface area contributed by atoms with Gasteiger partial charge in [-0.1, -0.05) is 11.8 Å². The van der Waals surface area contributed by atoms with E-state index in [0.717, 1.165) is 30.8 Å². The highest BCUT2D eigenvalue weighted by atomic mass is 19.4. The lowest BCUT2D eigenvalue weighted by Gasteiger charge is -2.27. The number of amides is 4. The highest BCUT2D eigenvalue weighted by Gasteiger charge is 2.44. The van der Waals surface area contributed by atoms with Crippen LogP contribution in [0, 0.1) is 17.8 Å². The number of alkyl halides is 3. The van der Waals surface area contributed by atoms with Crippen LogP contribution < -0.4 is 10.6 Å². The summed E-state index contributed by atoms with van der Waals surface area (Å²) in [6, 6.07) is 3.99. The van der Waals surface area contributed by atoms with Crippen LogP contribution in [0.4, 0.5) is 13.2 Å². The smallest absolute Gasteiger partial charge is 0.475 e. The van der Waals surface area contributed by atoms with E-state index in [1.54, 1.807) is 18.2 Å². The van der Waals surface area contributed by atoms with E-state index in [4.69, 9.17) is 9.90 Å². The van der Waals surface area contributed by atoms with Gasteiger partial charge in [-0.05, 0) is 50.6 Å². The number of aliphatic carboxylic acids is 1. The van der Waals surface area contributed by atoms with Crippen molar-refractivity contribution in [1.82, 2.24) is 15.5 Å². The molecule has 180 valence electrons. The Labute approximate surface area is 191 Å². The van der Waals surface area contributed by atoms with E-state index in [2.05, 4.69) is 22.5 Å². The molecule has 9 nitrogen and oxygen atoms in total. The average Bonchev–Trinajstić information content (AvgIpc) is 3.03. The Hall–Kier alpha value is -3.72. The minimum Gasteiger partial charge on any atom is -0.475 e. The van der Waals surface area contributed by atoms with Gasteiger partial charge in [0.05, 0.1) is 11.1 Å². The second-order valence-corrected chi connectivity index (χ2v) is 7.80.